The molecular formula is C9H7NO3. The normalized spacial score (nSPS) is 10.2. The summed E-state index contributed by atoms with van der Waals surface area (Å²) in [6.45, 7) is 0. The van der Waals surface area contributed by atoms with Crippen LogP contribution in [0.1, 0.15) is 10.4 Å². The molecule has 0 fully saturated rings. The molecule has 0 aliphatic rings. The summed E-state index contributed by atoms with van der Waals surface area (Å²) in [5.74, 6) is -1.51. The van der Waals surface area contributed by atoms with E-state index in [1.807, 2.05) is 0 Å². The first-order valence-corrected chi connectivity index (χ1v) is 3.55. The topological polar surface area (TPSA) is 67.3 Å². The van der Waals surface area contributed by atoms with Gasteiger partial charge in [-0.2, -0.15) is 0 Å². The Morgan fingerprint density at radius 2 is 2.15 bits per heavy atom. The smallest absolute Gasteiger partial charge is 0.328 e. The molecule has 0 aliphatic heterocycles. The molecule has 1 heterocycles. The molecule has 1 aromatic heterocycles. The second-order valence-electron chi connectivity index (χ2n) is 2.28. The molecule has 0 bridgehead atoms. The molecule has 0 aliphatic carbocycles. The summed E-state index contributed by atoms with van der Waals surface area (Å²) in [7, 11) is 0. The molecule has 0 aromatic carbocycles. The van der Waals surface area contributed by atoms with Crippen LogP contribution in [0.5, 0.6) is 0 Å². The standard InChI is InChI=1S/C9H7NO3/c11-8(3-4-9(12)13)7-2-1-5-10-6-7/h1-6H,(H,12,13). The number of allylic oxidation sites excluding steroid dienone is 1. The summed E-state index contributed by atoms with van der Waals surface area (Å²) in [6.07, 6.45) is 4.72. The lowest BCUT2D eigenvalue weighted by molar-refractivity contribution is -0.131. The van der Waals surface area contributed by atoms with E-state index in [1.54, 1.807) is 12.1 Å². The number of nitrogens with zero attached hydrogens (tertiary/aromatic N) is 1. The quantitative estimate of drug-likeness (QED) is 0.550. The molecule has 1 rings (SSSR count). The van der Waals surface area contributed by atoms with Crippen molar-refractivity contribution in [2.75, 3.05) is 0 Å². The van der Waals surface area contributed by atoms with E-state index >= 15 is 0 Å². The van der Waals surface area contributed by atoms with Gasteiger partial charge in [0.1, 0.15) is 0 Å². The molecule has 0 atom stereocenters. The van der Waals surface area contributed by atoms with Crippen LogP contribution >= 0.6 is 0 Å². The summed E-state index contributed by atoms with van der Waals surface area (Å²) in [5, 5.41) is 8.25. The predicted octanol–water partition coefficient (Wildman–Crippen LogP) is 0.905. The van der Waals surface area contributed by atoms with Gasteiger partial charge in [0.05, 0.1) is 0 Å². The van der Waals surface area contributed by atoms with Crippen LogP contribution in [0.25, 0.3) is 0 Å². The highest BCUT2D eigenvalue weighted by molar-refractivity contribution is 6.06. The maximum atomic E-state index is 11.2. The Hall–Kier alpha value is -1.97. The summed E-state index contributed by atoms with van der Waals surface area (Å²) in [5.41, 5.74) is 0.375. The number of carbonyl (C=O) groups is 2. The molecule has 1 aromatic rings. The molecule has 0 saturated carbocycles. The van der Waals surface area contributed by atoms with E-state index in [2.05, 4.69) is 4.98 Å². The minimum Gasteiger partial charge on any atom is -0.478 e. The van der Waals surface area contributed by atoms with Gasteiger partial charge in [-0.25, -0.2) is 4.79 Å². The monoisotopic (exact) mass is 177 g/mol. The second-order valence-corrected chi connectivity index (χ2v) is 2.28. The summed E-state index contributed by atoms with van der Waals surface area (Å²) in [6, 6.07) is 3.18. The van der Waals surface area contributed by atoms with Gasteiger partial charge < -0.3 is 5.11 Å². The van der Waals surface area contributed by atoms with Gasteiger partial charge in [-0.15, -0.1) is 0 Å². The Balaban J connectivity index is 2.76. The van der Waals surface area contributed by atoms with Crippen molar-refractivity contribution in [1.82, 2.24) is 4.98 Å². The van der Waals surface area contributed by atoms with Crippen molar-refractivity contribution in [2.24, 2.45) is 0 Å². The van der Waals surface area contributed by atoms with Gasteiger partial charge in [0.2, 0.25) is 0 Å². The van der Waals surface area contributed by atoms with Crippen LogP contribution in [0.4, 0.5) is 0 Å². The third-order valence-electron chi connectivity index (χ3n) is 1.32. The van der Waals surface area contributed by atoms with Gasteiger partial charge in [0, 0.05) is 24.0 Å². The Bertz CT molecular complexity index is 343. The highest BCUT2D eigenvalue weighted by Gasteiger charge is 2.00. The van der Waals surface area contributed by atoms with E-state index in [-0.39, 0.29) is 5.78 Å². The third kappa shape index (κ3) is 2.86. The molecule has 4 heteroatoms. The molecule has 66 valence electrons. The number of carbonyl (C=O) groups excluding carboxylic acids is 1. The van der Waals surface area contributed by atoms with Crippen LogP contribution in [0.2, 0.25) is 0 Å². The lowest BCUT2D eigenvalue weighted by atomic mass is 10.2. The first-order chi connectivity index (χ1) is 6.20. The van der Waals surface area contributed by atoms with E-state index in [1.165, 1.54) is 12.4 Å². The van der Waals surface area contributed by atoms with E-state index in [0.29, 0.717) is 5.56 Å². The van der Waals surface area contributed by atoms with Crippen molar-refractivity contribution >= 4 is 11.8 Å². The molecule has 1 N–H and O–H groups in total. The summed E-state index contributed by atoms with van der Waals surface area (Å²) >= 11 is 0. The number of aliphatic carboxylic acids is 1. The number of carboxylic acid groups (broad SMARTS) is 1. The van der Waals surface area contributed by atoms with Crippen LogP contribution in [0, 0.1) is 0 Å². The molecule has 0 spiro atoms. The van der Waals surface area contributed by atoms with Crippen LogP contribution in [0.15, 0.2) is 36.7 Å². The highest BCUT2D eigenvalue weighted by Crippen LogP contribution is 1.97. The van der Waals surface area contributed by atoms with Gasteiger partial charge in [-0.3, -0.25) is 9.78 Å². The number of carboxylic acids is 1. The predicted molar refractivity (Wildman–Crippen MR) is 45.3 cm³/mol. The maximum Gasteiger partial charge on any atom is 0.328 e. The number of hydrogen-bond donors (Lipinski definition) is 1. The van der Waals surface area contributed by atoms with Crippen molar-refractivity contribution < 1.29 is 14.7 Å². The lowest BCUT2D eigenvalue weighted by Gasteiger charge is -1.91. The van der Waals surface area contributed by atoms with Crippen molar-refractivity contribution in [3.63, 3.8) is 0 Å². The fourth-order valence-electron chi connectivity index (χ4n) is 0.752. The molecule has 0 saturated heterocycles. The van der Waals surface area contributed by atoms with E-state index in [0.717, 1.165) is 12.2 Å². The zero-order valence-corrected chi connectivity index (χ0v) is 6.68. The number of ketones is 1. The molecular weight excluding hydrogens is 170 g/mol. The largest absolute Gasteiger partial charge is 0.478 e. The summed E-state index contributed by atoms with van der Waals surface area (Å²) in [4.78, 5) is 25.0. The third-order valence-corrected chi connectivity index (χ3v) is 1.32. The van der Waals surface area contributed by atoms with Crippen molar-refractivity contribution in [3.8, 4) is 0 Å². The van der Waals surface area contributed by atoms with E-state index in [4.69, 9.17) is 5.11 Å². The van der Waals surface area contributed by atoms with E-state index in [9.17, 15) is 9.59 Å². The summed E-state index contributed by atoms with van der Waals surface area (Å²) < 4.78 is 0. The zero-order chi connectivity index (χ0) is 9.68. The van der Waals surface area contributed by atoms with Crippen molar-refractivity contribution in [2.45, 2.75) is 0 Å². The highest BCUT2D eigenvalue weighted by atomic mass is 16.4. The minimum absolute atomic E-state index is 0.365. The molecule has 0 radical (unpaired) electrons. The van der Waals surface area contributed by atoms with Gasteiger partial charge in [0.15, 0.2) is 5.78 Å². The SMILES string of the molecule is O=C(O)C=CC(=O)c1cccnc1. The minimum atomic E-state index is -1.14. The van der Waals surface area contributed by atoms with Gasteiger partial charge in [-0.1, -0.05) is 0 Å². The van der Waals surface area contributed by atoms with Crippen LogP contribution in [0.3, 0.4) is 0 Å². The fraction of sp³-hybridized carbons (Fsp3) is 0. The van der Waals surface area contributed by atoms with Crippen LogP contribution in [-0.4, -0.2) is 21.8 Å². The molecule has 0 unspecified atom stereocenters. The number of aromatic nitrogens is 1. The van der Waals surface area contributed by atoms with Crippen molar-refractivity contribution in [3.05, 3.63) is 42.2 Å². The first-order valence-electron chi connectivity index (χ1n) is 3.55. The van der Waals surface area contributed by atoms with Gasteiger partial charge in [0.25, 0.3) is 0 Å². The number of rotatable bonds is 3. The van der Waals surface area contributed by atoms with Crippen LogP contribution < -0.4 is 0 Å². The van der Waals surface area contributed by atoms with Crippen LogP contribution in [-0.2, 0) is 4.79 Å². The fourth-order valence-corrected chi connectivity index (χ4v) is 0.752. The Morgan fingerprint density at radius 3 is 2.69 bits per heavy atom. The average Bonchev–Trinajstić information content (AvgIpc) is 2.15. The average molecular weight is 177 g/mol. The van der Waals surface area contributed by atoms with Crippen molar-refractivity contribution in [1.29, 1.82) is 0 Å². The Labute approximate surface area is 74.5 Å². The molecule has 4 nitrogen and oxygen atoms in total. The lowest BCUT2D eigenvalue weighted by Crippen LogP contribution is -1.96. The maximum absolute atomic E-state index is 11.2. The second kappa shape index (κ2) is 4.15. The Kier molecular flexibility index (Phi) is 2.92. The zero-order valence-electron chi connectivity index (χ0n) is 6.68. The van der Waals surface area contributed by atoms with Gasteiger partial charge >= 0.3 is 5.97 Å². The number of pyridine rings is 1. The Morgan fingerprint density at radius 1 is 1.38 bits per heavy atom. The van der Waals surface area contributed by atoms with Gasteiger partial charge in [-0.05, 0) is 18.2 Å². The molecule has 13 heavy (non-hydrogen) atoms. The first kappa shape index (κ1) is 9.12. The number of hydrogen-bond acceptors (Lipinski definition) is 3. The molecule has 0 amide bonds. The van der Waals surface area contributed by atoms with E-state index < -0.39 is 5.97 Å².